The lowest BCUT2D eigenvalue weighted by atomic mass is 9.78. The second-order valence-electron chi connectivity index (χ2n) is 5.05. The number of carboxylic acids is 2. The van der Waals surface area contributed by atoms with E-state index in [4.69, 9.17) is 19.8 Å². The average Bonchev–Trinajstić information content (AvgIpc) is 2.75. The van der Waals surface area contributed by atoms with Crippen molar-refractivity contribution in [2.45, 2.75) is 26.2 Å². The van der Waals surface area contributed by atoms with E-state index in [1.54, 1.807) is 6.92 Å². The SMILES string of the molecule is CC(=O)N1CCC2(CCNCC2)C1.O=C(O)C(=O)O. The van der Waals surface area contributed by atoms with Crippen LogP contribution < -0.4 is 5.32 Å². The maximum absolute atomic E-state index is 11.2. The van der Waals surface area contributed by atoms with Gasteiger partial charge in [0.1, 0.15) is 0 Å². The molecular weight excluding hydrogens is 252 g/mol. The zero-order valence-electron chi connectivity index (χ0n) is 11.0. The summed E-state index contributed by atoms with van der Waals surface area (Å²) < 4.78 is 0. The smallest absolute Gasteiger partial charge is 0.414 e. The summed E-state index contributed by atoms with van der Waals surface area (Å²) in [5.74, 6) is -3.40. The third-order valence-electron chi connectivity index (χ3n) is 3.73. The van der Waals surface area contributed by atoms with Gasteiger partial charge < -0.3 is 20.4 Å². The van der Waals surface area contributed by atoms with Crippen LogP contribution in [0.3, 0.4) is 0 Å². The Morgan fingerprint density at radius 1 is 1.05 bits per heavy atom. The zero-order chi connectivity index (χ0) is 14.5. The molecule has 0 radical (unpaired) electrons. The van der Waals surface area contributed by atoms with Gasteiger partial charge in [0.05, 0.1) is 0 Å². The maximum atomic E-state index is 11.2. The topological polar surface area (TPSA) is 107 Å². The van der Waals surface area contributed by atoms with E-state index in [0.29, 0.717) is 5.41 Å². The van der Waals surface area contributed by atoms with E-state index in [0.717, 1.165) is 26.2 Å². The summed E-state index contributed by atoms with van der Waals surface area (Å²) in [4.78, 5) is 31.4. The quantitative estimate of drug-likeness (QED) is 0.526. The molecule has 19 heavy (non-hydrogen) atoms. The van der Waals surface area contributed by atoms with Crippen molar-refractivity contribution in [3.8, 4) is 0 Å². The molecule has 0 aromatic heterocycles. The summed E-state index contributed by atoms with van der Waals surface area (Å²) in [6, 6.07) is 0. The van der Waals surface area contributed by atoms with Gasteiger partial charge in [0.15, 0.2) is 0 Å². The van der Waals surface area contributed by atoms with E-state index in [9.17, 15) is 4.79 Å². The Kier molecular flexibility index (Phi) is 5.29. The Hall–Kier alpha value is -1.63. The Labute approximate surface area is 111 Å². The van der Waals surface area contributed by atoms with Crippen molar-refractivity contribution in [1.29, 1.82) is 0 Å². The molecule has 0 unspecified atom stereocenters. The molecule has 1 amide bonds. The summed E-state index contributed by atoms with van der Waals surface area (Å²) >= 11 is 0. The summed E-state index contributed by atoms with van der Waals surface area (Å²) in [7, 11) is 0. The highest BCUT2D eigenvalue weighted by molar-refractivity contribution is 6.27. The number of hydrogen-bond acceptors (Lipinski definition) is 4. The van der Waals surface area contributed by atoms with E-state index in [1.807, 2.05) is 4.90 Å². The number of nitrogens with zero attached hydrogens (tertiary/aromatic N) is 1. The van der Waals surface area contributed by atoms with E-state index in [-0.39, 0.29) is 5.91 Å². The first-order chi connectivity index (χ1) is 8.86. The molecule has 2 aliphatic heterocycles. The summed E-state index contributed by atoms with van der Waals surface area (Å²) in [5, 5.41) is 18.2. The van der Waals surface area contributed by atoms with Crippen molar-refractivity contribution in [2.75, 3.05) is 26.2 Å². The number of likely N-dealkylation sites (tertiary alicyclic amines) is 1. The van der Waals surface area contributed by atoms with Crippen molar-refractivity contribution in [3.05, 3.63) is 0 Å². The normalized spacial score (nSPS) is 20.6. The van der Waals surface area contributed by atoms with Crippen LogP contribution in [0.4, 0.5) is 0 Å². The molecule has 0 aliphatic carbocycles. The molecule has 108 valence electrons. The van der Waals surface area contributed by atoms with Crippen molar-refractivity contribution in [3.63, 3.8) is 0 Å². The molecule has 2 rings (SSSR count). The fraction of sp³-hybridized carbons (Fsp3) is 0.750. The third kappa shape index (κ3) is 4.51. The highest BCUT2D eigenvalue weighted by atomic mass is 16.4. The number of carboxylic acid groups (broad SMARTS) is 2. The Morgan fingerprint density at radius 2 is 1.58 bits per heavy atom. The predicted molar refractivity (Wildman–Crippen MR) is 66.7 cm³/mol. The zero-order valence-corrected chi connectivity index (χ0v) is 11.0. The number of rotatable bonds is 0. The molecule has 0 bridgehead atoms. The van der Waals surface area contributed by atoms with Gasteiger partial charge >= 0.3 is 11.9 Å². The molecule has 0 atom stereocenters. The molecule has 7 heteroatoms. The van der Waals surface area contributed by atoms with Crippen LogP contribution >= 0.6 is 0 Å². The van der Waals surface area contributed by atoms with Crippen LogP contribution in [0.5, 0.6) is 0 Å². The van der Waals surface area contributed by atoms with Crippen molar-refractivity contribution in [2.24, 2.45) is 5.41 Å². The van der Waals surface area contributed by atoms with Gasteiger partial charge in [-0.25, -0.2) is 9.59 Å². The fourth-order valence-electron chi connectivity index (χ4n) is 2.57. The molecule has 0 aromatic carbocycles. The first-order valence-electron chi connectivity index (χ1n) is 6.29. The summed E-state index contributed by atoms with van der Waals surface area (Å²) in [6.45, 7) is 5.93. The lowest BCUT2D eigenvalue weighted by Gasteiger charge is -2.33. The lowest BCUT2D eigenvalue weighted by Crippen LogP contribution is -2.39. The second kappa shape index (κ2) is 6.51. The molecule has 7 nitrogen and oxygen atoms in total. The predicted octanol–water partition coefficient (Wildman–Crippen LogP) is -0.236. The molecule has 2 aliphatic rings. The minimum absolute atomic E-state index is 0.246. The van der Waals surface area contributed by atoms with Crippen LogP contribution in [-0.4, -0.2) is 59.1 Å². The van der Waals surface area contributed by atoms with Crippen LogP contribution in [0, 0.1) is 5.41 Å². The Bertz CT molecular complexity index is 351. The van der Waals surface area contributed by atoms with Crippen molar-refractivity contribution >= 4 is 17.8 Å². The van der Waals surface area contributed by atoms with E-state index in [2.05, 4.69) is 5.32 Å². The number of carbonyl (C=O) groups is 3. The van der Waals surface area contributed by atoms with Gasteiger partial charge in [-0.3, -0.25) is 4.79 Å². The van der Waals surface area contributed by atoms with Gasteiger partial charge in [0, 0.05) is 20.0 Å². The number of piperidine rings is 1. The van der Waals surface area contributed by atoms with E-state index >= 15 is 0 Å². The first-order valence-corrected chi connectivity index (χ1v) is 6.29. The van der Waals surface area contributed by atoms with Crippen LogP contribution in [0.2, 0.25) is 0 Å². The van der Waals surface area contributed by atoms with Crippen LogP contribution in [0.25, 0.3) is 0 Å². The van der Waals surface area contributed by atoms with Gasteiger partial charge in [-0.15, -0.1) is 0 Å². The highest BCUT2D eigenvalue weighted by Crippen LogP contribution is 2.38. The summed E-state index contributed by atoms with van der Waals surface area (Å²) in [5.41, 5.74) is 0.469. The molecule has 2 heterocycles. The number of amides is 1. The Balaban J connectivity index is 0.000000258. The fourth-order valence-corrected chi connectivity index (χ4v) is 2.57. The van der Waals surface area contributed by atoms with Crippen LogP contribution in [0.1, 0.15) is 26.2 Å². The van der Waals surface area contributed by atoms with Gasteiger partial charge in [-0.2, -0.15) is 0 Å². The van der Waals surface area contributed by atoms with Gasteiger partial charge in [-0.05, 0) is 37.8 Å². The van der Waals surface area contributed by atoms with Crippen LogP contribution in [0.15, 0.2) is 0 Å². The van der Waals surface area contributed by atoms with Gasteiger partial charge in [0.25, 0.3) is 0 Å². The third-order valence-corrected chi connectivity index (χ3v) is 3.73. The minimum Gasteiger partial charge on any atom is -0.473 e. The first kappa shape index (κ1) is 15.4. The van der Waals surface area contributed by atoms with Gasteiger partial charge in [-0.1, -0.05) is 0 Å². The number of hydrogen-bond donors (Lipinski definition) is 3. The van der Waals surface area contributed by atoms with Gasteiger partial charge in [0.2, 0.25) is 5.91 Å². The van der Waals surface area contributed by atoms with Crippen molar-refractivity contribution in [1.82, 2.24) is 10.2 Å². The second-order valence-corrected chi connectivity index (χ2v) is 5.05. The molecule has 3 N–H and O–H groups in total. The molecule has 2 saturated heterocycles. The lowest BCUT2D eigenvalue weighted by molar-refractivity contribution is -0.159. The molecule has 2 fully saturated rings. The highest BCUT2D eigenvalue weighted by Gasteiger charge is 2.39. The minimum atomic E-state index is -1.82. The monoisotopic (exact) mass is 272 g/mol. The number of aliphatic carboxylic acids is 2. The number of nitrogens with one attached hydrogen (secondary N) is 1. The molecule has 1 spiro atoms. The average molecular weight is 272 g/mol. The maximum Gasteiger partial charge on any atom is 0.414 e. The standard InChI is InChI=1S/C10H18N2O.C2H2O4/c1-9(13)12-7-4-10(8-12)2-5-11-6-3-10;3-1(4)2(5)6/h11H,2-8H2,1H3;(H,3,4)(H,5,6). The molecule has 0 saturated carbocycles. The van der Waals surface area contributed by atoms with Crippen LogP contribution in [-0.2, 0) is 14.4 Å². The number of carbonyl (C=O) groups excluding carboxylic acids is 1. The summed E-state index contributed by atoms with van der Waals surface area (Å²) in [6.07, 6.45) is 3.71. The Morgan fingerprint density at radius 3 is 1.95 bits per heavy atom. The molecule has 0 aromatic rings. The van der Waals surface area contributed by atoms with E-state index in [1.165, 1.54) is 19.3 Å². The molecular formula is C12H20N2O5. The van der Waals surface area contributed by atoms with E-state index < -0.39 is 11.9 Å². The largest absolute Gasteiger partial charge is 0.473 e. The van der Waals surface area contributed by atoms with Crippen molar-refractivity contribution < 1.29 is 24.6 Å².